The third-order valence-electron chi connectivity index (χ3n) is 5.09. The van der Waals surface area contributed by atoms with Gasteiger partial charge < -0.3 is 14.7 Å². The Kier molecular flexibility index (Phi) is 8.01. The molecular weight excluding hydrogens is 447 g/mol. The number of aliphatic hydroxyl groups excluding tert-OH is 1. The summed E-state index contributed by atoms with van der Waals surface area (Å²) in [7, 11) is -3.65. The lowest BCUT2D eigenvalue weighted by Gasteiger charge is -2.33. The van der Waals surface area contributed by atoms with Gasteiger partial charge in [0.1, 0.15) is 11.9 Å². The average molecular weight is 473 g/mol. The summed E-state index contributed by atoms with van der Waals surface area (Å²) in [6.07, 6.45) is 0.885. The highest BCUT2D eigenvalue weighted by atomic mass is 35.5. The number of hydrogen-bond donors (Lipinski definition) is 2. The highest BCUT2D eigenvalue weighted by Crippen LogP contribution is 2.28. The van der Waals surface area contributed by atoms with Crippen LogP contribution < -0.4 is 9.46 Å². The number of rotatable bonds is 8. The zero-order valence-electron chi connectivity index (χ0n) is 16.7. The number of hydrogen-bond acceptors (Lipinski definition) is 5. The summed E-state index contributed by atoms with van der Waals surface area (Å²) < 4.78 is 33.4. The van der Waals surface area contributed by atoms with Gasteiger partial charge in [-0.05, 0) is 43.5 Å². The van der Waals surface area contributed by atoms with E-state index in [1.807, 2.05) is 0 Å². The van der Waals surface area contributed by atoms with Crippen LogP contribution in [-0.2, 0) is 10.0 Å². The van der Waals surface area contributed by atoms with Crippen molar-refractivity contribution in [3.63, 3.8) is 0 Å². The second-order valence-electron chi connectivity index (χ2n) is 7.46. The molecule has 6 nitrogen and oxygen atoms in total. The third-order valence-corrected chi connectivity index (χ3v) is 7.41. The molecule has 0 spiro atoms. The maximum Gasteiger partial charge on any atom is 0.240 e. The first-order valence-corrected chi connectivity index (χ1v) is 12.1. The molecule has 2 aromatic carbocycles. The first kappa shape index (κ1) is 23.3. The van der Waals surface area contributed by atoms with Crippen LogP contribution in [0, 0.1) is 6.92 Å². The van der Waals surface area contributed by atoms with Crippen molar-refractivity contribution in [2.45, 2.75) is 36.9 Å². The van der Waals surface area contributed by atoms with Crippen LogP contribution in [0.4, 0.5) is 0 Å². The minimum Gasteiger partial charge on any atom is -0.490 e. The highest BCUT2D eigenvalue weighted by Gasteiger charge is 2.24. The van der Waals surface area contributed by atoms with Gasteiger partial charge in [0.2, 0.25) is 10.0 Å². The molecule has 0 aromatic heterocycles. The minimum atomic E-state index is -3.65. The van der Waals surface area contributed by atoms with Crippen LogP contribution in [-0.4, -0.2) is 56.8 Å². The van der Waals surface area contributed by atoms with Crippen LogP contribution in [0.1, 0.15) is 18.4 Å². The van der Waals surface area contributed by atoms with Crippen molar-refractivity contribution in [1.82, 2.24) is 9.62 Å². The second kappa shape index (κ2) is 10.3. The van der Waals surface area contributed by atoms with E-state index < -0.39 is 16.1 Å². The molecule has 9 heteroatoms. The molecule has 164 valence electrons. The van der Waals surface area contributed by atoms with Crippen LogP contribution in [0.25, 0.3) is 0 Å². The number of ether oxygens (including phenoxy) is 1. The molecule has 30 heavy (non-hydrogen) atoms. The largest absolute Gasteiger partial charge is 0.490 e. The molecule has 1 atom stereocenters. The van der Waals surface area contributed by atoms with Crippen LogP contribution in [0.2, 0.25) is 10.0 Å². The Morgan fingerprint density at radius 2 is 1.87 bits per heavy atom. The third kappa shape index (κ3) is 6.33. The lowest BCUT2D eigenvalue weighted by molar-refractivity contribution is 0.0630. The van der Waals surface area contributed by atoms with Crippen molar-refractivity contribution in [2.24, 2.45) is 0 Å². The van der Waals surface area contributed by atoms with Gasteiger partial charge >= 0.3 is 0 Å². The van der Waals surface area contributed by atoms with Crippen LogP contribution in [0.5, 0.6) is 5.75 Å². The van der Waals surface area contributed by atoms with Crippen molar-refractivity contribution >= 4 is 33.2 Å². The summed E-state index contributed by atoms with van der Waals surface area (Å²) in [5, 5.41) is 11.3. The second-order valence-corrected chi connectivity index (χ2v) is 10.0. The van der Waals surface area contributed by atoms with Crippen molar-refractivity contribution < 1.29 is 18.3 Å². The Hall–Kier alpha value is -1.35. The monoisotopic (exact) mass is 472 g/mol. The highest BCUT2D eigenvalue weighted by molar-refractivity contribution is 7.89. The maximum absolute atomic E-state index is 12.4. The van der Waals surface area contributed by atoms with Crippen molar-refractivity contribution in [1.29, 1.82) is 0 Å². The van der Waals surface area contributed by atoms with Gasteiger partial charge in [-0.15, -0.1) is 0 Å². The molecule has 0 saturated carbocycles. The summed E-state index contributed by atoms with van der Waals surface area (Å²) in [4.78, 5) is 2.35. The summed E-state index contributed by atoms with van der Waals surface area (Å²) in [6.45, 7) is 3.63. The maximum atomic E-state index is 12.4. The first-order chi connectivity index (χ1) is 14.2. The van der Waals surface area contributed by atoms with Gasteiger partial charge in [-0.1, -0.05) is 41.4 Å². The minimum absolute atomic E-state index is 0.0314. The molecule has 1 aliphatic heterocycles. The van der Waals surface area contributed by atoms with Crippen LogP contribution in [0.15, 0.2) is 47.4 Å². The lowest BCUT2D eigenvalue weighted by atomic mass is 10.1. The van der Waals surface area contributed by atoms with Crippen molar-refractivity contribution in [2.75, 3.05) is 26.2 Å². The van der Waals surface area contributed by atoms with E-state index >= 15 is 0 Å². The molecule has 2 aromatic rings. The number of aryl methyl sites for hydroxylation is 1. The number of piperidine rings is 1. The summed E-state index contributed by atoms with van der Waals surface area (Å²) in [5.41, 5.74) is 0.670. The molecule has 1 heterocycles. The normalized spacial score (nSPS) is 17.1. The van der Waals surface area contributed by atoms with E-state index in [9.17, 15) is 13.5 Å². The van der Waals surface area contributed by atoms with E-state index in [0.29, 0.717) is 27.9 Å². The van der Waals surface area contributed by atoms with Gasteiger partial charge in [-0.2, -0.15) is 0 Å². The lowest BCUT2D eigenvalue weighted by Crippen LogP contribution is -2.45. The molecule has 3 rings (SSSR count). The molecule has 0 unspecified atom stereocenters. The molecule has 1 saturated heterocycles. The Labute approximate surface area is 187 Å². The Morgan fingerprint density at radius 1 is 1.17 bits per heavy atom. The zero-order valence-corrected chi connectivity index (χ0v) is 19.1. The van der Waals surface area contributed by atoms with Crippen molar-refractivity contribution in [3.8, 4) is 5.75 Å². The zero-order chi connectivity index (χ0) is 21.7. The van der Waals surface area contributed by atoms with Crippen LogP contribution >= 0.6 is 23.2 Å². The number of aliphatic hydroxyl groups is 1. The Bertz CT molecular complexity index is 963. The van der Waals surface area contributed by atoms with Gasteiger partial charge in [-0.25, -0.2) is 13.1 Å². The smallest absolute Gasteiger partial charge is 0.240 e. The molecule has 0 bridgehead atoms. The van der Waals surface area contributed by atoms with Gasteiger partial charge in [0.05, 0.1) is 21.0 Å². The first-order valence-electron chi connectivity index (χ1n) is 9.82. The SMILES string of the molecule is Cc1ccccc1S(=O)(=O)NC[C@H](O)CN1CCC(Oc2ccc(Cl)c(Cl)c2)CC1. The number of nitrogens with zero attached hydrogens (tertiary/aromatic N) is 1. The predicted octanol–water partition coefficient (Wildman–Crippen LogP) is 3.48. The molecular formula is C21H26Cl2N2O4S. The fourth-order valence-electron chi connectivity index (χ4n) is 3.46. The molecule has 1 fully saturated rings. The van der Waals surface area contributed by atoms with Crippen LogP contribution in [0.3, 0.4) is 0 Å². The number of halogens is 2. The standard InChI is InChI=1S/C21H26Cl2N2O4S/c1-15-4-2-3-5-21(15)30(27,28)24-13-16(26)14-25-10-8-17(9-11-25)29-18-6-7-19(22)20(23)12-18/h2-7,12,16-17,24,26H,8-11,13-14H2,1H3/t16-/m0/s1. The molecule has 0 radical (unpaired) electrons. The van der Waals surface area contributed by atoms with Gasteiger partial charge in [0, 0.05) is 32.2 Å². The van der Waals surface area contributed by atoms with E-state index in [1.54, 1.807) is 49.4 Å². The summed E-state index contributed by atoms with van der Waals surface area (Å²) >= 11 is 12.0. The quantitative estimate of drug-likeness (QED) is 0.614. The fourth-order valence-corrected chi connectivity index (χ4v) is 5.06. The molecule has 0 aliphatic carbocycles. The average Bonchev–Trinajstić information content (AvgIpc) is 2.71. The predicted molar refractivity (Wildman–Crippen MR) is 119 cm³/mol. The van der Waals surface area contributed by atoms with Gasteiger partial charge in [0.25, 0.3) is 0 Å². The molecule has 0 amide bonds. The number of benzene rings is 2. The Morgan fingerprint density at radius 3 is 2.53 bits per heavy atom. The number of sulfonamides is 1. The number of nitrogens with one attached hydrogen (secondary N) is 1. The number of likely N-dealkylation sites (tertiary alicyclic amines) is 1. The van der Waals surface area contributed by atoms with E-state index in [4.69, 9.17) is 27.9 Å². The molecule has 1 aliphatic rings. The van der Waals surface area contributed by atoms with E-state index in [2.05, 4.69) is 9.62 Å². The van der Waals surface area contributed by atoms with Gasteiger partial charge in [0.15, 0.2) is 0 Å². The summed E-state index contributed by atoms with van der Waals surface area (Å²) in [5.74, 6) is 0.688. The van der Waals surface area contributed by atoms with E-state index in [0.717, 1.165) is 25.9 Å². The fraction of sp³-hybridized carbons (Fsp3) is 0.429. The number of β-amino-alcohol motifs (C(OH)–C–C–N with tert-alkyl or cyclic N) is 1. The topological polar surface area (TPSA) is 78.9 Å². The summed E-state index contributed by atoms with van der Waals surface area (Å²) in [6, 6.07) is 12.0. The van der Waals surface area contributed by atoms with E-state index in [1.165, 1.54) is 0 Å². The Balaban J connectivity index is 1.43. The van der Waals surface area contributed by atoms with Crippen molar-refractivity contribution in [3.05, 3.63) is 58.1 Å². The van der Waals surface area contributed by atoms with E-state index in [-0.39, 0.29) is 17.5 Å². The molecule has 2 N–H and O–H groups in total. The van der Waals surface area contributed by atoms with Gasteiger partial charge in [-0.3, -0.25) is 0 Å².